The van der Waals surface area contributed by atoms with Gasteiger partial charge in [-0.05, 0) is 47.5 Å². The van der Waals surface area contributed by atoms with Crippen LogP contribution in [0.15, 0.2) is 54.6 Å². The molecule has 1 fully saturated rings. The van der Waals surface area contributed by atoms with E-state index in [2.05, 4.69) is 0 Å². The first-order chi connectivity index (χ1) is 17.0. The number of carboxylic acids is 1. The number of hydrogen-bond donors (Lipinski definition) is 6. The van der Waals surface area contributed by atoms with Gasteiger partial charge in [0, 0.05) is 25.0 Å². The van der Waals surface area contributed by atoms with Crippen LogP contribution in [0.3, 0.4) is 0 Å². The standard InChI is InChI=1S/C25H24O11/c26-16-3-1-2-14(10-16)5-8-21(30)35-20-13-25(34,24(32)33)12-19(29)23(20)36-22(31)9-6-15-4-7-17(27)18(28)11-15/h1-11,19-20,23,26-29,34H,12-13H2,(H,32,33). The Labute approximate surface area is 204 Å². The minimum absolute atomic E-state index is 0.0324. The van der Waals surface area contributed by atoms with Crippen molar-refractivity contribution >= 4 is 30.1 Å². The van der Waals surface area contributed by atoms with E-state index in [0.29, 0.717) is 11.1 Å². The SMILES string of the molecule is O=C(C=Cc1cccc(O)c1)OC1CC(O)(C(=O)O)CC(O)C1OC(=O)C=Cc1ccc(O)c(O)c1. The van der Waals surface area contributed by atoms with Crippen molar-refractivity contribution in [3.05, 3.63) is 65.7 Å². The lowest BCUT2D eigenvalue weighted by Crippen LogP contribution is -2.58. The minimum Gasteiger partial charge on any atom is -0.508 e. The topological polar surface area (TPSA) is 191 Å². The fourth-order valence-electron chi connectivity index (χ4n) is 3.64. The fourth-order valence-corrected chi connectivity index (χ4v) is 3.64. The molecule has 0 saturated heterocycles. The molecule has 190 valence electrons. The molecule has 1 aliphatic rings. The molecule has 4 atom stereocenters. The number of hydrogen-bond acceptors (Lipinski definition) is 10. The van der Waals surface area contributed by atoms with Crippen molar-refractivity contribution in [1.29, 1.82) is 0 Å². The van der Waals surface area contributed by atoms with Gasteiger partial charge in [-0.3, -0.25) is 0 Å². The zero-order valence-corrected chi connectivity index (χ0v) is 18.7. The second-order valence-electron chi connectivity index (χ2n) is 8.20. The summed E-state index contributed by atoms with van der Waals surface area (Å²) in [7, 11) is 0. The van der Waals surface area contributed by atoms with Crippen LogP contribution >= 0.6 is 0 Å². The first kappa shape index (κ1) is 26.3. The van der Waals surface area contributed by atoms with E-state index in [1.54, 1.807) is 12.1 Å². The number of phenols is 3. The van der Waals surface area contributed by atoms with E-state index in [0.717, 1.165) is 12.2 Å². The molecule has 0 aromatic heterocycles. The number of carbonyl (C=O) groups is 3. The first-order valence-electron chi connectivity index (χ1n) is 10.7. The number of aliphatic hydroxyl groups excluding tert-OH is 1. The largest absolute Gasteiger partial charge is 0.508 e. The predicted molar refractivity (Wildman–Crippen MR) is 124 cm³/mol. The van der Waals surface area contributed by atoms with E-state index < -0.39 is 60.4 Å². The minimum atomic E-state index is -2.43. The van der Waals surface area contributed by atoms with Gasteiger partial charge in [0.25, 0.3) is 0 Å². The van der Waals surface area contributed by atoms with Gasteiger partial charge in [-0.2, -0.15) is 0 Å². The highest BCUT2D eigenvalue weighted by atomic mass is 16.6. The maximum atomic E-state index is 12.4. The van der Waals surface area contributed by atoms with Gasteiger partial charge in [-0.25, -0.2) is 14.4 Å². The molecule has 2 aromatic carbocycles. The number of benzene rings is 2. The summed E-state index contributed by atoms with van der Waals surface area (Å²) in [5.41, 5.74) is -1.63. The Kier molecular flexibility index (Phi) is 7.97. The third-order valence-electron chi connectivity index (χ3n) is 5.44. The summed E-state index contributed by atoms with van der Waals surface area (Å²) in [6, 6.07) is 9.76. The molecule has 1 saturated carbocycles. The monoisotopic (exact) mass is 500 g/mol. The number of ether oxygens (including phenoxy) is 2. The third-order valence-corrected chi connectivity index (χ3v) is 5.44. The fraction of sp³-hybridized carbons (Fsp3) is 0.240. The highest BCUT2D eigenvalue weighted by Crippen LogP contribution is 2.33. The molecule has 3 rings (SSSR count). The molecular weight excluding hydrogens is 476 g/mol. The van der Waals surface area contributed by atoms with Crippen LogP contribution in [0.4, 0.5) is 0 Å². The van der Waals surface area contributed by atoms with E-state index in [4.69, 9.17) is 9.47 Å². The predicted octanol–water partition coefficient (Wildman–Crippen LogP) is 1.32. The Balaban J connectivity index is 1.75. The molecule has 0 spiro atoms. The van der Waals surface area contributed by atoms with Crippen molar-refractivity contribution < 1.29 is 54.5 Å². The van der Waals surface area contributed by atoms with E-state index in [-0.39, 0.29) is 11.5 Å². The molecule has 0 amide bonds. The number of carboxylic acid groups (broad SMARTS) is 1. The maximum Gasteiger partial charge on any atom is 0.335 e. The van der Waals surface area contributed by atoms with Gasteiger partial charge in [-0.1, -0.05) is 18.2 Å². The van der Waals surface area contributed by atoms with Crippen LogP contribution in [0.25, 0.3) is 12.2 Å². The molecule has 6 N–H and O–H groups in total. The van der Waals surface area contributed by atoms with Crippen LogP contribution in [-0.4, -0.2) is 72.5 Å². The van der Waals surface area contributed by atoms with Crippen molar-refractivity contribution in [3.63, 3.8) is 0 Å². The number of rotatable bonds is 7. The number of aliphatic carboxylic acids is 1. The van der Waals surface area contributed by atoms with Crippen LogP contribution in [0.1, 0.15) is 24.0 Å². The molecule has 2 aromatic rings. The van der Waals surface area contributed by atoms with Gasteiger partial charge in [-0.15, -0.1) is 0 Å². The van der Waals surface area contributed by atoms with E-state index in [9.17, 15) is 45.0 Å². The Morgan fingerprint density at radius 2 is 1.50 bits per heavy atom. The molecule has 4 unspecified atom stereocenters. The average molecular weight is 500 g/mol. The lowest BCUT2D eigenvalue weighted by atomic mass is 9.79. The third kappa shape index (κ3) is 6.62. The quantitative estimate of drug-likeness (QED) is 0.183. The molecule has 11 nitrogen and oxygen atoms in total. The number of aromatic hydroxyl groups is 3. The lowest BCUT2D eigenvalue weighted by Gasteiger charge is -2.40. The normalized spacial score (nSPS) is 24.0. The van der Waals surface area contributed by atoms with E-state index in [1.807, 2.05) is 0 Å². The van der Waals surface area contributed by atoms with Crippen LogP contribution in [0.2, 0.25) is 0 Å². The summed E-state index contributed by atoms with van der Waals surface area (Å²) >= 11 is 0. The van der Waals surface area contributed by atoms with Gasteiger partial charge in [0.15, 0.2) is 23.2 Å². The van der Waals surface area contributed by atoms with Crippen LogP contribution in [-0.2, 0) is 23.9 Å². The zero-order chi connectivity index (χ0) is 26.5. The number of phenolic OH excluding ortho intramolecular Hbond substituents is 3. The second-order valence-corrected chi connectivity index (χ2v) is 8.20. The average Bonchev–Trinajstić information content (AvgIpc) is 2.81. The summed E-state index contributed by atoms with van der Waals surface area (Å²) in [6.07, 6.45) is -1.49. The Hall–Kier alpha value is -4.35. The zero-order valence-electron chi connectivity index (χ0n) is 18.7. The van der Waals surface area contributed by atoms with Crippen molar-refractivity contribution in [2.24, 2.45) is 0 Å². The second kappa shape index (κ2) is 10.9. The van der Waals surface area contributed by atoms with E-state index >= 15 is 0 Å². The summed E-state index contributed by atoms with van der Waals surface area (Å²) in [4.78, 5) is 36.3. The smallest absolute Gasteiger partial charge is 0.335 e. The Morgan fingerprint density at radius 1 is 0.861 bits per heavy atom. The molecular formula is C25H24O11. The first-order valence-corrected chi connectivity index (χ1v) is 10.7. The molecule has 0 aliphatic heterocycles. The molecule has 0 bridgehead atoms. The van der Waals surface area contributed by atoms with Crippen LogP contribution in [0.5, 0.6) is 17.2 Å². The summed E-state index contributed by atoms with van der Waals surface area (Å²) in [5, 5.41) is 58.6. The van der Waals surface area contributed by atoms with Crippen LogP contribution in [0, 0.1) is 0 Å². The highest BCUT2D eigenvalue weighted by molar-refractivity contribution is 5.88. The van der Waals surface area contributed by atoms with Crippen molar-refractivity contribution in [2.45, 2.75) is 36.8 Å². The summed E-state index contributed by atoms with van der Waals surface area (Å²) in [5.74, 6) is -4.39. The van der Waals surface area contributed by atoms with Gasteiger partial charge >= 0.3 is 17.9 Å². The van der Waals surface area contributed by atoms with Crippen LogP contribution < -0.4 is 0 Å². The molecule has 11 heteroatoms. The Morgan fingerprint density at radius 3 is 2.11 bits per heavy atom. The number of aliphatic hydroxyl groups is 2. The van der Waals surface area contributed by atoms with Crippen molar-refractivity contribution in [1.82, 2.24) is 0 Å². The number of esters is 2. The lowest BCUT2D eigenvalue weighted by molar-refractivity contribution is -0.204. The molecule has 0 heterocycles. The van der Waals surface area contributed by atoms with Gasteiger partial charge < -0.3 is 40.1 Å². The summed E-state index contributed by atoms with van der Waals surface area (Å²) in [6.45, 7) is 0. The maximum absolute atomic E-state index is 12.4. The molecule has 1 aliphatic carbocycles. The summed E-state index contributed by atoms with van der Waals surface area (Å²) < 4.78 is 10.4. The number of carbonyl (C=O) groups excluding carboxylic acids is 2. The highest BCUT2D eigenvalue weighted by Gasteiger charge is 2.52. The van der Waals surface area contributed by atoms with Crippen molar-refractivity contribution in [2.75, 3.05) is 0 Å². The Bertz CT molecular complexity index is 1200. The molecule has 0 radical (unpaired) electrons. The van der Waals surface area contributed by atoms with Gasteiger partial charge in [0.2, 0.25) is 0 Å². The van der Waals surface area contributed by atoms with E-state index in [1.165, 1.54) is 42.5 Å². The van der Waals surface area contributed by atoms with Gasteiger partial charge in [0.05, 0.1) is 6.10 Å². The van der Waals surface area contributed by atoms with Crippen molar-refractivity contribution in [3.8, 4) is 17.2 Å². The molecule has 36 heavy (non-hydrogen) atoms. The van der Waals surface area contributed by atoms with Gasteiger partial charge in [0.1, 0.15) is 11.9 Å².